The topological polar surface area (TPSA) is 58.6 Å². The summed E-state index contributed by atoms with van der Waals surface area (Å²) in [5.74, 6) is -0.0398. The van der Waals surface area contributed by atoms with Crippen LogP contribution in [0, 0.1) is 0 Å². The van der Waals surface area contributed by atoms with Crippen molar-refractivity contribution in [2.75, 3.05) is 26.5 Å². The molecule has 0 radical (unpaired) electrons. The number of nitrogens with zero attached hydrogens (tertiary/aromatic N) is 1. The van der Waals surface area contributed by atoms with Crippen LogP contribution in [0.2, 0.25) is 0 Å². The fourth-order valence-corrected chi connectivity index (χ4v) is 3.22. The lowest BCUT2D eigenvalue weighted by Gasteiger charge is -2.12. The monoisotopic (exact) mass is 426 g/mol. The van der Waals surface area contributed by atoms with Crippen LogP contribution in [-0.4, -0.2) is 49.3 Å². The van der Waals surface area contributed by atoms with Gasteiger partial charge in [-0.15, -0.1) is 11.8 Å². The van der Waals surface area contributed by atoms with Crippen molar-refractivity contribution >= 4 is 23.6 Å². The molecule has 0 aliphatic heterocycles. The smallest absolute Gasteiger partial charge is 0.422 e. The van der Waals surface area contributed by atoms with Gasteiger partial charge in [-0.3, -0.25) is 9.59 Å². The van der Waals surface area contributed by atoms with Crippen LogP contribution in [0.4, 0.5) is 13.2 Å². The highest BCUT2D eigenvalue weighted by atomic mass is 32.2. The molecule has 156 valence electrons. The van der Waals surface area contributed by atoms with Crippen molar-refractivity contribution < 1.29 is 27.5 Å². The predicted octanol–water partition coefficient (Wildman–Crippen LogP) is 3.74. The molecule has 9 heteroatoms. The third-order valence-electron chi connectivity index (χ3n) is 3.76. The van der Waals surface area contributed by atoms with Gasteiger partial charge in [0.05, 0.1) is 11.3 Å². The zero-order valence-electron chi connectivity index (χ0n) is 16.0. The molecule has 1 N–H and O–H groups in total. The normalized spacial score (nSPS) is 11.1. The second-order valence-corrected chi connectivity index (χ2v) is 7.32. The van der Waals surface area contributed by atoms with E-state index >= 15 is 0 Å². The van der Waals surface area contributed by atoms with E-state index in [1.165, 1.54) is 28.8 Å². The van der Waals surface area contributed by atoms with Crippen molar-refractivity contribution in [3.05, 3.63) is 59.7 Å². The number of hydrogen-bond donors (Lipinski definition) is 1. The molecule has 0 saturated heterocycles. The molecule has 0 unspecified atom stereocenters. The highest BCUT2D eigenvalue weighted by Crippen LogP contribution is 2.23. The first kappa shape index (κ1) is 22.6. The van der Waals surface area contributed by atoms with Gasteiger partial charge in [-0.25, -0.2) is 0 Å². The van der Waals surface area contributed by atoms with Gasteiger partial charge < -0.3 is 15.0 Å². The van der Waals surface area contributed by atoms with Crippen LogP contribution >= 0.6 is 11.8 Å². The first-order chi connectivity index (χ1) is 13.7. The number of amides is 2. The Morgan fingerprint density at radius 3 is 2.34 bits per heavy atom. The molecule has 0 aromatic heterocycles. The van der Waals surface area contributed by atoms with Gasteiger partial charge >= 0.3 is 6.18 Å². The molecule has 2 amide bonds. The molecule has 2 aromatic carbocycles. The Bertz CT molecular complexity index is 840. The Labute approximate surface area is 171 Å². The molecule has 0 atom stereocenters. The zero-order chi connectivity index (χ0) is 21.4. The Morgan fingerprint density at radius 2 is 1.72 bits per heavy atom. The minimum absolute atomic E-state index is 0.0574. The fraction of sp³-hybridized carbons (Fsp3) is 0.300. The largest absolute Gasteiger partial charge is 0.484 e. The van der Waals surface area contributed by atoms with E-state index < -0.39 is 12.8 Å². The van der Waals surface area contributed by atoms with Crippen molar-refractivity contribution in [3.8, 4) is 5.75 Å². The number of halogens is 3. The van der Waals surface area contributed by atoms with Gasteiger partial charge in [0, 0.05) is 25.5 Å². The van der Waals surface area contributed by atoms with E-state index in [-0.39, 0.29) is 29.9 Å². The second-order valence-electron chi connectivity index (χ2n) is 6.30. The number of ether oxygens (including phenoxy) is 1. The number of carbonyl (C=O) groups excluding carboxylic acids is 2. The quantitative estimate of drug-likeness (QED) is 0.654. The highest BCUT2D eigenvalue weighted by molar-refractivity contribution is 8.00. The summed E-state index contributed by atoms with van der Waals surface area (Å²) in [4.78, 5) is 26.5. The lowest BCUT2D eigenvalue weighted by molar-refractivity contribution is -0.153. The van der Waals surface area contributed by atoms with Gasteiger partial charge in [-0.2, -0.15) is 13.2 Å². The number of hydrogen-bond acceptors (Lipinski definition) is 4. The summed E-state index contributed by atoms with van der Waals surface area (Å²) in [6.45, 7) is -1.15. The second kappa shape index (κ2) is 10.2. The Balaban J connectivity index is 1.93. The van der Waals surface area contributed by atoms with E-state index in [2.05, 4.69) is 10.1 Å². The van der Waals surface area contributed by atoms with Crippen molar-refractivity contribution in [2.45, 2.75) is 17.6 Å². The number of benzene rings is 2. The van der Waals surface area contributed by atoms with Gasteiger partial charge in [0.1, 0.15) is 5.75 Å². The van der Waals surface area contributed by atoms with Crippen molar-refractivity contribution in [1.29, 1.82) is 0 Å². The number of carbonyl (C=O) groups is 2. The van der Waals surface area contributed by atoms with Crippen molar-refractivity contribution in [1.82, 2.24) is 10.2 Å². The molecular weight excluding hydrogens is 405 g/mol. The number of rotatable bonds is 8. The molecule has 29 heavy (non-hydrogen) atoms. The van der Waals surface area contributed by atoms with E-state index in [1.807, 2.05) is 0 Å². The van der Waals surface area contributed by atoms with E-state index in [0.29, 0.717) is 16.0 Å². The third kappa shape index (κ3) is 7.69. The van der Waals surface area contributed by atoms with Gasteiger partial charge in [-0.1, -0.05) is 24.3 Å². The van der Waals surface area contributed by atoms with Crippen LogP contribution in [-0.2, 0) is 11.3 Å². The van der Waals surface area contributed by atoms with E-state index in [4.69, 9.17) is 0 Å². The summed E-state index contributed by atoms with van der Waals surface area (Å²) in [5, 5.41) is 2.77. The van der Waals surface area contributed by atoms with Crippen LogP contribution < -0.4 is 10.1 Å². The SMILES string of the molecule is CN(C)C(=O)CSc1ccccc1C(=O)NCc1ccc(OCC(F)(F)F)cc1. The molecule has 0 bridgehead atoms. The number of alkyl halides is 3. The van der Waals surface area contributed by atoms with Crippen LogP contribution in [0.5, 0.6) is 5.75 Å². The molecule has 0 aliphatic rings. The van der Waals surface area contributed by atoms with Crippen LogP contribution in [0.1, 0.15) is 15.9 Å². The minimum Gasteiger partial charge on any atom is -0.484 e. The number of thioether (sulfide) groups is 1. The van der Waals surface area contributed by atoms with Gasteiger partial charge in [0.2, 0.25) is 5.91 Å². The minimum atomic E-state index is -4.39. The summed E-state index contributed by atoms with van der Waals surface area (Å²) in [6, 6.07) is 13.0. The standard InChI is InChI=1S/C20H21F3N2O3S/c1-25(2)18(26)12-29-17-6-4-3-5-16(17)19(27)24-11-14-7-9-15(10-8-14)28-13-20(21,22)23/h3-10H,11-13H2,1-2H3,(H,24,27). The first-order valence-corrected chi connectivity index (χ1v) is 9.63. The molecule has 0 saturated carbocycles. The lowest BCUT2D eigenvalue weighted by Crippen LogP contribution is -2.25. The highest BCUT2D eigenvalue weighted by Gasteiger charge is 2.28. The lowest BCUT2D eigenvalue weighted by atomic mass is 10.2. The zero-order valence-corrected chi connectivity index (χ0v) is 16.8. The maximum Gasteiger partial charge on any atom is 0.422 e. The average molecular weight is 426 g/mol. The summed E-state index contributed by atoms with van der Waals surface area (Å²) >= 11 is 1.28. The molecule has 2 rings (SSSR count). The van der Waals surface area contributed by atoms with E-state index in [9.17, 15) is 22.8 Å². The Kier molecular flexibility index (Phi) is 7.95. The van der Waals surface area contributed by atoms with E-state index in [0.717, 1.165) is 0 Å². The molecule has 0 heterocycles. The third-order valence-corrected chi connectivity index (χ3v) is 4.82. The Hall–Kier alpha value is -2.68. The molecule has 5 nitrogen and oxygen atoms in total. The van der Waals surface area contributed by atoms with Crippen molar-refractivity contribution in [3.63, 3.8) is 0 Å². The predicted molar refractivity (Wildman–Crippen MR) is 105 cm³/mol. The maximum atomic E-state index is 12.5. The molecule has 0 spiro atoms. The molecular formula is C20H21F3N2O3S. The van der Waals surface area contributed by atoms with Crippen LogP contribution in [0.25, 0.3) is 0 Å². The molecule has 0 fully saturated rings. The van der Waals surface area contributed by atoms with Gasteiger partial charge in [-0.05, 0) is 29.8 Å². The summed E-state index contributed by atoms with van der Waals surface area (Å²) in [5.41, 5.74) is 1.17. The van der Waals surface area contributed by atoms with E-state index in [1.54, 1.807) is 50.5 Å². The summed E-state index contributed by atoms with van der Waals surface area (Å²) < 4.78 is 41.2. The van der Waals surface area contributed by atoms with Crippen LogP contribution in [0.3, 0.4) is 0 Å². The first-order valence-electron chi connectivity index (χ1n) is 8.64. The maximum absolute atomic E-state index is 12.5. The molecule has 2 aromatic rings. The average Bonchev–Trinajstić information content (AvgIpc) is 2.69. The Morgan fingerprint density at radius 1 is 1.07 bits per heavy atom. The van der Waals surface area contributed by atoms with Gasteiger partial charge in [0.15, 0.2) is 6.61 Å². The van der Waals surface area contributed by atoms with Crippen molar-refractivity contribution in [2.24, 2.45) is 0 Å². The summed E-state index contributed by atoms with van der Waals surface area (Å²) in [6.07, 6.45) is -4.39. The molecule has 0 aliphatic carbocycles. The van der Waals surface area contributed by atoms with Gasteiger partial charge in [0.25, 0.3) is 5.91 Å². The number of nitrogens with one attached hydrogen (secondary N) is 1. The van der Waals surface area contributed by atoms with Crippen LogP contribution in [0.15, 0.2) is 53.4 Å². The summed E-state index contributed by atoms with van der Waals surface area (Å²) in [7, 11) is 3.34. The fourth-order valence-electron chi connectivity index (χ4n) is 2.19.